The van der Waals surface area contributed by atoms with Crippen LogP contribution in [0.4, 0.5) is 0 Å². The lowest BCUT2D eigenvalue weighted by Crippen LogP contribution is -3.00. The molecule has 0 saturated carbocycles. The van der Waals surface area contributed by atoms with E-state index < -0.39 is 7.26 Å². The molecule has 0 aliphatic rings. The summed E-state index contributed by atoms with van der Waals surface area (Å²) >= 11 is 13.4. The van der Waals surface area contributed by atoms with Gasteiger partial charge in [0.15, 0.2) is 11.8 Å². The molecule has 0 atom stereocenters. The minimum atomic E-state index is -2.63. The largest absolute Gasteiger partial charge is 1.00 e. The quantitative estimate of drug-likeness (QED) is 0.240. The van der Waals surface area contributed by atoms with Gasteiger partial charge in [0.1, 0.15) is 15.9 Å². The summed E-state index contributed by atoms with van der Waals surface area (Å²) in [6.45, 7) is 0. The summed E-state index contributed by atoms with van der Waals surface area (Å²) in [5.74, 6) is -0.170. The molecule has 2 nitrogen and oxygen atoms in total. The van der Waals surface area contributed by atoms with Gasteiger partial charge in [-0.15, -0.1) is 0 Å². The fourth-order valence-corrected chi connectivity index (χ4v) is 9.41. The molecule has 4 aromatic rings. The Bertz CT molecular complexity index is 1150. The summed E-state index contributed by atoms with van der Waals surface area (Å²) in [5, 5.41) is 3.18. The van der Waals surface area contributed by atoms with E-state index in [2.05, 4.69) is 36.4 Å². The smallest absolute Gasteiger partial charge is 0.260 e. The SMILES string of the molecule is CN(C(=O)c1ccccc1)C(=C(Cl)Cl)[P+](c1ccccc1)(c1ccccc1)c1ccccc1.[I-]. The molecule has 0 saturated heterocycles. The van der Waals surface area contributed by atoms with Crippen LogP contribution in [0.3, 0.4) is 0 Å². The summed E-state index contributed by atoms with van der Waals surface area (Å²) in [4.78, 5) is 15.2. The zero-order valence-corrected chi connectivity index (χ0v) is 23.0. The molecule has 0 unspecified atom stereocenters. The van der Waals surface area contributed by atoms with Gasteiger partial charge in [-0.3, -0.25) is 9.69 Å². The van der Waals surface area contributed by atoms with Crippen molar-refractivity contribution in [3.05, 3.63) is 137 Å². The average molecular weight is 618 g/mol. The lowest BCUT2D eigenvalue weighted by molar-refractivity contribution is -0.0000150. The lowest BCUT2D eigenvalue weighted by atomic mass is 10.2. The van der Waals surface area contributed by atoms with Crippen LogP contribution in [0.5, 0.6) is 0 Å². The van der Waals surface area contributed by atoms with Crippen LogP contribution in [0, 0.1) is 0 Å². The summed E-state index contributed by atoms with van der Waals surface area (Å²) in [5.41, 5.74) is 1.17. The molecule has 34 heavy (non-hydrogen) atoms. The van der Waals surface area contributed by atoms with Crippen molar-refractivity contribution in [1.82, 2.24) is 4.90 Å². The van der Waals surface area contributed by atoms with Gasteiger partial charge in [-0.2, -0.15) is 0 Å². The number of rotatable bonds is 6. The molecular formula is C28H23Cl2INOP. The van der Waals surface area contributed by atoms with E-state index in [9.17, 15) is 4.79 Å². The molecule has 0 aromatic heterocycles. The first kappa shape index (κ1) is 26.4. The molecule has 0 radical (unpaired) electrons. The highest BCUT2D eigenvalue weighted by Gasteiger charge is 2.53. The Morgan fingerprint density at radius 1 is 0.618 bits per heavy atom. The Kier molecular flexibility index (Phi) is 9.32. The van der Waals surface area contributed by atoms with E-state index in [1.165, 1.54) is 0 Å². The molecule has 1 amide bonds. The van der Waals surface area contributed by atoms with E-state index in [4.69, 9.17) is 23.2 Å². The molecule has 0 aliphatic heterocycles. The van der Waals surface area contributed by atoms with E-state index in [-0.39, 0.29) is 34.4 Å². The van der Waals surface area contributed by atoms with Crippen LogP contribution in [0.2, 0.25) is 0 Å². The van der Waals surface area contributed by atoms with Crippen LogP contribution >= 0.6 is 30.5 Å². The molecule has 172 valence electrons. The Hall–Kier alpha value is -2.17. The Labute approximate surface area is 228 Å². The van der Waals surface area contributed by atoms with Crippen molar-refractivity contribution in [3.8, 4) is 0 Å². The van der Waals surface area contributed by atoms with Gasteiger partial charge in [-0.1, -0.05) is 96.0 Å². The van der Waals surface area contributed by atoms with Gasteiger partial charge in [0.05, 0.1) is 0 Å². The van der Waals surface area contributed by atoms with Gasteiger partial charge in [0, 0.05) is 12.6 Å². The van der Waals surface area contributed by atoms with Crippen LogP contribution in [0.1, 0.15) is 10.4 Å². The van der Waals surface area contributed by atoms with Crippen molar-refractivity contribution in [2.75, 3.05) is 7.05 Å². The van der Waals surface area contributed by atoms with E-state index in [0.29, 0.717) is 11.0 Å². The van der Waals surface area contributed by atoms with Gasteiger partial charge >= 0.3 is 0 Å². The maximum Gasteiger partial charge on any atom is 0.260 e. The van der Waals surface area contributed by atoms with Gasteiger partial charge in [-0.25, -0.2) is 0 Å². The average Bonchev–Trinajstić information content (AvgIpc) is 2.88. The van der Waals surface area contributed by atoms with Gasteiger partial charge in [-0.05, 0) is 48.5 Å². The molecule has 4 rings (SSSR count). The number of carbonyl (C=O) groups excluding carboxylic acids is 1. The third-order valence-corrected chi connectivity index (χ3v) is 10.6. The Morgan fingerprint density at radius 2 is 0.941 bits per heavy atom. The van der Waals surface area contributed by atoms with Crippen LogP contribution in [0.25, 0.3) is 0 Å². The summed E-state index contributed by atoms with van der Waals surface area (Å²) in [6.07, 6.45) is 0. The Balaban J connectivity index is 0.00000324. The standard InChI is InChI=1S/C28H23Cl2NOP.HI/c1-31(27(32)22-14-6-2-7-15-22)28(26(29)30)33(23-16-8-3-9-17-23,24-18-10-4-11-19-24)25-20-12-5-13-21-25;/h2-21H,1H3;1H/q+1;/p-1. The predicted octanol–water partition coefficient (Wildman–Crippen LogP) is 3.36. The normalized spacial score (nSPS) is 10.7. The third kappa shape index (κ3) is 5.08. The number of carbonyl (C=O) groups is 1. The topological polar surface area (TPSA) is 20.3 Å². The first-order valence-corrected chi connectivity index (χ1v) is 13.1. The molecule has 6 heteroatoms. The fourth-order valence-electron chi connectivity index (χ4n) is 4.12. The van der Waals surface area contributed by atoms with Crippen molar-refractivity contribution in [2.45, 2.75) is 0 Å². The third-order valence-electron chi connectivity index (χ3n) is 5.56. The molecule has 0 aliphatic carbocycles. The van der Waals surface area contributed by atoms with Gasteiger partial charge < -0.3 is 24.0 Å². The van der Waals surface area contributed by atoms with Crippen molar-refractivity contribution < 1.29 is 28.8 Å². The highest BCUT2D eigenvalue weighted by Crippen LogP contribution is 2.65. The second-order valence-electron chi connectivity index (χ2n) is 7.49. The minimum absolute atomic E-state index is 0. The van der Waals surface area contributed by atoms with E-state index in [1.54, 1.807) is 24.1 Å². The fraction of sp³-hybridized carbons (Fsp3) is 0.0357. The monoisotopic (exact) mass is 617 g/mol. The molecule has 4 aromatic carbocycles. The van der Waals surface area contributed by atoms with Crippen molar-refractivity contribution >= 4 is 52.3 Å². The number of benzene rings is 4. The lowest BCUT2D eigenvalue weighted by Gasteiger charge is -2.33. The number of amides is 1. The van der Waals surface area contributed by atoms with Crippen LogP contribution < -0.4 is 39.9 Å². The van der Waals surface area contributed by atoms with E-state index in [0.717, 1.165) is 15.9 Å². The number of hydrogen-bond donors (Lipinski definition) is 0. The number of nitrogens with zero attached hydrogens (tertiary/aromatic N) is 1. The van der Waals surface area contributed by atoms with Crippen LogP contribution in [0.15, 0.2) is 131 Å². The molecule has 0 N–H and O–H groups in total. The number of hydrogen-bond acceptors (Lipinski definition) is 1. The maximum atomic E-state index is 13.6. The molecule has 0 spiro atoms. The molecular weight excluding hydrogens is 595 g/mol. The zero-order chi connectivity index (χ0) is 23.3. The van der Waals surface area contributed by atoms with Crippen LogP contribution in [-0.4, -0.2) is 17.9 Å². The highest BCUT2D eigenvalue weighted by atomic mass is 127. The van der Waals surface area contributed by atoms with Crippen LogP contribution in [-0.2, 0) is 0 Å². The second-order valence-corrected chi connectivity index (χ2v) is 11.8. The molecule has 0 heterocycles. The van der Waals surface area contributed by atoms with Gasteiger partial charge in [0.2, 0.25) is 5.44 Å². The summed E-state index contributed by atoms with van der Waals surface area (Å²) in [6, 6.07) is 39.7. The van der Waals surface area contributed by atoms with Crippen molar-refractivity contribution in [2.24, 2.45) is 0 Å². The van der Waals surface area contributed by atoms with Crippen molar-refractivity contribution in [3.63, 3.8) is 0 Å². The zero-order valence-electron chi connectivity index (χ0n) is 18.5. The molecule has 0 bridgehead atoms. The first-order chi connectivity index (χ1) is 16.1. The number of halogens is 3. The highest BCUT2D eigenvalue weighted by molar-refractivity contribution is 7.99. The van der Waals surface area contributed by atoms with E-state index in [1.807, 2.05) is 72.8 Å². The Morgan fingerprint density at radius 3 is 1.26 bits per heavy atom. The summed E-state index contributed by atoms with van der Waals surface area (Å²) in [7, 11) is -0.880. The molecule has 0 fully saturated rings. The van der Waals surface area contributed by atoms with Crippen molar-refractivity contribution in [1.29, 1.82) is 0 Å². The van der Waals surface area contributed by atoms with E-state index >= 15 is 0 Å². The summed E-state index contributed by atoms with van der Waals surface area (Å²) < 4.78 is 0.0756. The first-order valence-electron chi connectivity index (χ1n) is 10.5. The minimum Gasteiger partial charge on any atom is -1.00 e. The second kappa shape index (κ2) is 12.0. The van der Waals surface area contributed by atoms with Gasteiger partial charge in [0.25, 0.3) is 5.91 Å². The maximum absolute atomic E-state index is 13.6. The predicted molar refractivity (Wildman–Crippen MR) is 142 cm³/mol.